The Hall–Kier alpha value is -1.09. The molecule has 18 heavy (non-hydrogen) atoms. The number of hydrogen-bond acceptors (Lipinski definition) is 3. The first-order valence-electron chi connectivity index (χ1n) is 7.20. The Morgan fingerprint density at radius 1 is 1.33 bits per heavy atom. The van der Waals surface area contributed by atoms with Crippen LogP contribution in [0.15, 0.2) is 18.3 Å². The zero-order valence-corrected chi connectivity index (χ0v) is 11.3. The number of nitrogens with zero attached hydrogens (tertiary/aromatic N) is 1. The molecule has 0 radical (unpaired) electrons. The van der Waals surface area contributed by atoms with Crippen molar-refractivity contribution in [3.8, 4) is 5.88 Å². The van der Waals surface area contributed by atoms with E-state index in [4.69, 9.17) is 4.74 Å². The molecule has 0 atom stereocenters. The Bertz CT molecular complexity index is 350. The third-order valence-corrected chi connectivity index (χ3v) is 3.25. The number of unbranched alkanes of at least 4 members (excludes halogenated alkanes) is 3. The SMILES string of the molecule is CCCCCCOc1ncccc1CNC1CC1. The lowest BCUT2D eigenvalue weighted by Crippen LogP contribution is -2.16. The van der Waals surface area contributed by atoms with Crippen LogP contribution in [0.25, 0.3) is 0 Å². The topological polar surface area (TPSA) is 34.1 Å². The highest BCUT2D eigenvalue weighted by molar-refractivity contribution is 5.25. The van der Waals surface area contributed by atoms with Gasteiger partial charge >= 0.3 is 0 Å². The van der Waals surface area contributed by atoms with Crippen molar-refractivity contribution in [1.82, 2.24) is 10.3 Å². The molecule has 0 unspecified atom stereocenters. The molecule has 2 rings (SSSR count). The van der Waals surface area contributed by atoms with Gasteiger partial charge in [0.1, 0.15) is 0 Å². The van der Waals surface area contributed by atoms with E-state index < -0.39 is 0 Å². The van der Waals surface area contributed by atoms with Crippen molar-refractivity contribution in [2.45, 2.75) is 58.0 Å². The van der Waals surface area contributed by atoms with Gasteiger partial charge in [-0.15, -0.1) is 0 Å². The Labute approximate surface area is 110 Å². The molecule has 1 saturated carbocycles. The molecule has 1 aliphatic rings. The van der Waals surface area contributed by atoms with E-state index >= 15 is 0 Å². The highest BCUT2D eigenvalue weighted by atomic mass is 16.5. The van der Waals surface area contributed by atoms with Gasteiger partial charge in [-0.25, -0.2) is 4.98 Å². The summed E-state index contributed by atoms with van der Waals surface area (Å²) in [6, 6.07) is 4.81. The fraction of sp³-hybridized carbons (Fsp3) is 0.667. The van der Waals surface area contributed by atoms with Gasteiger partial charge in [0.25, 0.3) is 0 Å². The van der Waals surface area contributed by atoms with Crippen LogP contribution >= 0.6 is 0 Å². The van der Waals surface area contributed by atoms with Crippen LogP contribution in [0, 0.1) is 0 Å². The van der Waals surface area contributed by atoms with Crippen LogP contribution in [-0.4, -0.2) is 17.6 Å². The molecule has 1 heterocycles. The van der Waals surface area contributed by atoms with Gasteiger partial charge in [-0.05, 0) is 25.3 Å². The minimum atomic E-state index is 0.725. The van der Waals surface area contributed by atoms with Crippen LogP contribution < -0.4 is 10.1 Å². The lowest BCUT2D eigenvalue weighted by molar-refractivity contribution is 0.290. The normalized spacial score (nSPS) is 14.7. The van der Waals surface area contributed by atoms with E-state index in [-0.39, 0.29) is 0 Å². The summed E-state index contributed by atoms with van der Waals surface area (Å²) in [5, 5.41) is 3.50. The molecule has 3 nitrogen and oxygen atoms in total. The van der Waals surface area contributed by atoms with Crippen molar-refractivity contribution in [1.29, 1.82) is 0 Å². The van der Waals surface area contributed by atoms with Crippen LogP contribution in [0.1, 0.15) is 51.0 Å². The third kappa shape index (κ3) is 4.65. The minimum absolute atomic E-state index is 0.725. The quantitative estimate of drug-likeness (QED) is 0.681. The summed E-state index contributed by atoms with van der Waals surface area (Å²) in [6.45, 7) is 3.89. The highest BCUT2D eigenvalue weighted by Gasteiger charge is 2.20. The number of ether oxygens (including phenoxy) is 1. The summed E-state index contributed by atoms with van der Waals surface area (Å²) < 4.78 is 5.79. The largest absolute Gasteiger partial charge is 0.477 e. The maximum Gasteiger partial charge on any atom is 0.217 e. The average Bonchev–Trinajstić information content (AvgIpc) is 3.21. The standard InChI is InChI=1S/C15H24N2O/c1-2-3-4-5-11-18-15-13(7-6-10-16-15)12-17-14-8-9-14/h6-7,10,14,17H,2-5,8-9,11-12H2,1H3. The molecular weight excluding hydrogens is 224 g/mol. The van der Waals surface area contributed by atoms with E-state index in [0.29, 0.717) is 0 Å². The van der Waals surface area contributed by atoms with Gasteiger partial charge in [-0.1, -0.05) is 32.3 Å². The molecule has 1 aliphatic carbocycles. The Morgan fingerprint density at radius 2 is 2.22 bits per heavy atom. The van der Waals surface area contributed by atoms with E-state index in [1.54, 1.807) is 0 Å². The fourth-order valence-electron chi connectivity index (χ4n) is 1.93. The molecule has 3 heteroatoms. The monoisotopic (exact) mass is 248 g/mol. The molecule has 0 aromatic carbocycles. The lowest BCUT2D eigenvalue weighted by atomic mass is 10.2. The summed E-state index contributed by atoms with van der Waals surface area (Å²) >= 11 is 0. The van der Waals surface area contributed by atoms with Crippen molar-refractivity contribution in [3.05, 3.63) is 23.9 Å². The first kappa shape index (κ1) is 13.3. The van der Waals surface area contributed by atoms with E-state index in [1.807, 2.05) is 12.3 Å². The van der Waals surface area contributed by atoms with E-state index in [9.17, 15) is 0 Å². The molecule has 1 N–H and O–H groups in total. The predicted molar refractivity (Wildman–Crippen MR) is 73.7 cm³/mol. The van der Waals surface area contributed by atoms with Gasteiger partial charge in [0.2, 0.25) is 5.88 Å². The third-order valence-electron chi connectivity index (χ3n) is 3.25. The van der Waals surface area contributed by atoms with Crippen LogP contribution in [0.3, 0.4) is 0 Å². The summed E-state index contributed by atoms with van der Waals surface area (Å²) in [4.78, 5) is 4.33. The van der Waals surface area contributed by atoms with Gasteiger partial charge in [-0.3, -0.25) is 0 Å². The lowest BCUT2D eigenvalue weighted by Gasteiger charge is -2.10. The van der Waals surface area contributed by atoms with Crippen LogP contribution in [-0.2, 0) is 6.54 Å². The van der Waals surface area contributed by atoms with Crippen molar-refractivity contribution < 1.29 is 4.74 Å². The average molecular weight is 248 g/mol. The highest BCUT2D eigenvalue weighted by Crippen LogP contribution is 2.21. The maximum atomic E-state index is 5.79. The van der Waals surface area contributed by atoms with Gasteiger partial charge < -0.3 is 10.1 Å². The Morgan fingerprint density at radius 3 is 3.00 bits per heavy atom. The minimum Gasteiger partial charge on any atom is -0.477 e. The maximum absolute atomic E-state index is 5.79. The van der Waals surface area contributed by atoms with Crippen LogP contribution in [0.4, 0.5) is 0 Å². The number of aromatic nitrogens is 1. The van der Waals surface area contributed by atoms with E-state index in [2.05, 4.69) is 23.3 Å². The second-order valence-corrected chi connectivity index (χ2v) is 5.03. The molecular formula is C15H24N2O. The number of rotatable bonds is 9. The molecule has 1 fully saturated rings. The summed E-state index contributed by atoms with van der Waals surface area (Å²) in [5.74, 6) is 0.808. The van der Waals surface area contributed by atoms with Gasteiger partial charge in [0.15, 0.2) is 0 Å². The zero-order valence-electron chi connectivity index (χ0n) is 11.3. The second-order valence-electron chi connectivity index (χ2n) is 5.03. The molecule has 0 bridgehead atoms. The molecule has 0 spiro atoms. The van der Waals surface area contributed by atoms with Crippen molar-refractivity contribution in [3.63, 3.8) is 0 Å². The number of hydrogen-bond donors (Lipinski definition) is 1. The van der Waals surface area contributed by atoms with Gasteiger partial charge in [0, 0.05) is 24.3 Å². The first-order valence-corrected chi connectivity index (χ1v) is 7.20. The van der Waals surface area contributed by atoms with E-state index in [0.717, 1.165) is 31.5 Å². The first-order chi connectivity index (χ1) is 8.90. The van der Waals surface area contributed by atoms with Gasteiger partial charge in [-0.2, -0.15) is 0 Å². The van der Waals surface area contributed by atoms with Gasteiger partial charge in [0.05, 0.1) is 6.61 Å². The molecule has 0 saturated heterocycles. The molecule has 100 valence electrons. The number of nitrogens with one attached hydrogen (secondary N) is 1. The van der Waals surface area contributed by atoms with Crippen molar-refractivity contribution in [2.24, 2.45) is 0 Å². The van der Waals surface area contributed by atoms with Crippen molar-refractivity contribution in [2.75, 3.05) is 6.61 Å². The predicted octanol–water partition coefficient (Wildman–Crippen LogP) is 3.29. The summed E-state index contributed by atoms with van der Waals surface area (Å²) in [5.41, 5.74) is 1.18. The van der Waals surface area contributed by atoms with E-state index in [1.165, 1.54) is 37.7 Å². The smallest absolute Gasteiger partial charge is 0.217 e. The molecule has 0 aliphatic heterocycles. The molecule has 1 aromatic heterocycles. The fourth-order valence-corrected chi connectivity index (χ4v) is 1.93. The summed E-state index contributed by atoms with van der Waals surface area (Å²) in [6.07, 6.45) is 9.36. The number of pyridine rings is 1. The molecule has 1 aromatic rings. The zero-order chi connectivity index (χ0) is 12.6. The Kier molecular flexibility index (Phi) is 5.46. The van der Waals surface area contributed by atoms with Crippen molar-refractivity contribution >= 4 is 0 Å². The Balaban J connectivity index is 1.74. The van der Waals surface area contributed by atoms with Crippen LogP contribution in [0.2, 0.25) is 0 Å². The molecule has 0 amide bonds. The second kappa shape index (κ2) is 7.37. The van der Waals surface area contributed by atoms with Crippen LogP contribution in [0.5, 0.6) is 5.88 Å². The summed E-state index contributed by atoms with van der Waals surface area (Å²) in [7, 11) is 0.